The van der Waals surface area contributed by atoms with Crippen molar-refractivity contribution in [2.75, 3.05) is 13.1 Å². The molecule has 2 saturated heterocycles. The van der Waals surface area contributed by atoms with Crippen molar-refractivity contribution in [3.8, 4) is 0 Å². The van der Waals surface area contributed by atoms with Crippen molar-refractivity contribution >= 4 is 12.4 Å². The van der Waals surface area contributed by atoms with Crippen LogP contribution in [0.25, 0.3) is 0 Å². The minimum absolute atomic E-state index is 0. The molecule has 0 radical (unpaired) electrons. The zero-order valence-corrected chi connectivity index (χ0v) is 12.2. The summed E-state index contributed by atoms with van der Waals surface area (Å²) in [6.07, 6.45) is 3.60. The number of nitrogens with one attached hydrogen (secondary N) is 2. The number of nitrogens with zero attached hydrogens (tertiary/aromatic N) is 1. The van der Waals surface area contributed by atoms with Crippen LogP contribution in [0.15, 0.2) is 24.3 Å². The molecule has 0 saturated carbocycles. The van der Waals surface area contributed by atoms with Crippen LogP contribution >= 0.6 is 12.4 Å². The predicted octanol–water partition coefficient (Wildman–Crippen LogP) is 1.54. The monoisotopic (exact) mass is 300 g/mol. The van der Waals surface area contributed by atoms with E-state index in [-0.39, 0.29) is 24.3 Å². The maximum atomic E-state index is 12.9. The molecule has 0 aliphatic carbocycles. The lowest BCUT2D eigenvalue weighted by Gasteiger charge is -2.34. The second-order valence-electron chi connectivity index (χ2n) is 5.54. The van der Waals surface area contributed by atoms with Gasteiger partial charge in [0.25, 0.3) is 0 Å². The van der Waals surface area contributed by atoms with Gasteiger partial charge in [-0.05, 0) is 43.5 Å². The molecule has 0 aromatic heterocycles. The highest BCUT2D eigenvalue weighted by molar-refractivity contribution is 5.85. The van der Waals surface area contributed by atoms with Crippen molar-refractivity contribution in [1.82, 2.24) is 15.8 Å². The minimum Gasteiger partial charge on any atom is -0.327 e. The molecule has 3 rings (SSSR count). The molecular weight excluding hydrogens is 279 g/mol. The Morgan fingerprint density at radius 3 is 2.65 bits per heavy atom. The van der Waals surface area contributed by atoms with E-state index >= 15 is 0 Å². The molecule has 3 unspecified atom stereocenters. The first-order valence-corrected chi connectivity index (χ1v) is 6.98. The van der Waals surface area contributed by atoms with E-state index in [1.807, 2.05) is 12.1 Å². The average Bonchev–Trinajstić information content (AvgIpc) is 2.89. The van der Waals surface area contributed by atoms with Gasteiger partial charge in [-0.2, -0.15) is 0 Å². The first-order valence-electron chi connectivity index (χ1n) is 6.98. The fourth-order valence-corrected chi connectivity index (χ4v) is 3.02. The second-order valence-corrected chi connectivity index (χ2v) is 5.54. The summed E-state index contributed by atoms with van der Waals surface area (Å²) in [6, 6.07) is 7.25. The summed E-state index contributed by atoms with van der Waals surface area (Å²) in [5, 5.41) is 0. The second kappa shape index (κ2) is 6.83. The zero-order chi connectivity index (χ0) is 13.2. The lowest BCUT2D eigenvalue weighted by Crippen LogP contribution is -2.52. The maximum absolute atomic E-state index is 12.9. The zero-order valence-electron chi connectivity index (χ0n) is 11.4. The van der Waals surface area contributed by atoms with Crippen LogP contribution in [0.3, 0.4) is 0 Å². The van der Waals surface area contributed by atoms with Crippen LogP contribution in [0.5, 0.6) is 0 Å². The van der Waals surface area contributed by atoms with Crippen LogP contribution in [-0.2, 0) is 0 Å². The Morgan fingerprint density at radius 1 is 1.20 bits per heavy atom. The largest absolute Gasteiger partial charge is 0.327 e. The maximum Gasteiger partial charge on any atom is 0.123 e. The molecule has 4 N–H and O–H groups in total. The topological polar surface area (TPSA) is 53.3 Å². The number of likely N-dealkylation sites (tertiary alicyclic amines) is 1. The van der Waals surface area contributed by atoms with Crippen molar-refractivity contribution in [3.63, 3.8) is 0 Å². The normalized spacial score (nSPS) is 31.0. The van der Waals surface area contributed by atoms with Crippen LogP contribution < -0.4 is 16.6 Å². The van der Waals surface area contributed by atoms with E-state index in [9.17, 15) is 4.39 Å². The lowest BCUT2D eigenvalue weighted by atomic mass is 10.0. The van der Waals surface area contributed by atoms with Gasteiger partial charge in [-0.15, -0.1) is 12.4 Å². The number of benzene rings is 1. The molecule has 0 amide bonds. The lowest BCUT2D eigenvalue weighted by molar-refractivity contribution is 0.133. The van der Waals surface area contributed by atoms with Crippen molar-refractivity contribution in [2.45, 2.75) is 37.5 Å². The van der Waals surface area contributed by atoms with E-state index in [2.05, 4.69) is 15.8 Å². The van der Waals surface area contributed by atoms with E-state index in [1.165, 1.54) is 18.6 Å². The van der Waals surface area contributed by atoms with Gasteiger partial charge < -0.3 is 5.73 Å². The number of hydrogen-bond acceptors (Lipinski definition) is 4. The van der Waals surface area contributed by atoms with Gasteiger partial charge in [-0.25, -0.2) is 15.2 Å². The Morgan fingerprint density at radius 2 is 1.95 bits per heavy atom. The molecule has 1 aromatic rings. The van der Waals surface area contributed by atoms with Crippen LogP contribution in [-0.4, -0.2) is 30.2 Å². The fraction of sp³-hybridized carbons (Fsp3) is 0.571. The summed E-state index contributed by atoms with van der Waals surface area (Å²) in [7, 11) is 0. The van der Waals surface area contributed by atoms with Gasteiger partial charge in [0, 0.05) is 18.6 Å². The fourth-order valence-electron chi connectivity index (χ4n) is 3.02. The molecule has 3 atom stereocenters. The van der Waals surface area contributed by atoms with Crippen LogP contribution in [0.1, 0.15) is 30.9 Å². The number of piperidine rings is 1. The third-order valence-electron chi connectivity index (χ3n) is 4.09. The van der Waals surface area contributed by atoms with Gasteiger partial charge in [0.2, 0.25) is 0 Å². The molecular formula is C14H22ClFN4. The summed E-state index contributed by atoms with van der Waals surface area (Å²) >= 11 is 0. The van der Waals surface area contributed by atoms with Gasteiger partial charge in [0.05, 0.1) is 6.17 Å². The van der Waals surface area contributed by atoms with Gasteiger partial charge in [-0.3, -0.25) is 4.90 Å². The highest BCUT2D eigenvalue weighted by atomic mass is 35.5. The highest BCUT2D eigenvalue weighted by Crippen LogP contribution is 2.25. The molecule has 1 aromatic carbocycles. The summed E-state index contributed by atoms with van der Waals surface area (Å²) in [5.74, 6) is -0.187. The van der Waals surface area contributed by atoms with Crippen LogP contribution in [0.4, 0.5) is 4.39 Å². The van der Waals surface area contributed by atoms with Gasteiger partial charge in [0.15, 0.2) is 0 Å². The summed E-state index contributed by atoms with van der Waals surface area (Å²) in [4.78, 5) is 2.41. The van der Waals surface area contributed by atoms with Crippen LogP contribution in [0, 0.1) is 5.82 Å². The van der Waals surface area contributed by atoms with E-state index in [0.29, 0.717) is 12.2 Å². The van der Waals surface area contributed by atoms with Crippen molar-refractivity contribution < 1.29 is 4.39 Å². The number of hydrazine groups is 1. The number of nitrogens with two attached hydrogens (primary N) is 1. The van der Waals surface area contributed by atoms with Crippen molar-refractivity contribution in [1.29, 1.82) is 0 Å². The molecule has 112 valence electrons. The van der Waals surface area contributed by atoms with Crippen molar-refractivity contribution in [3.05, 3.63) is 35.6 Å². The summed E-state index contributed by atoms with van der Waals surface area (Å²) in [6.45, 7) is 2.05. The van der Waals surface area contributed by atoms with E-state index in [0.717, 1.165) is 31.5 Å². The first-order chi connectivity index (χ1) is 9.22. The molecule has 6 heteroatoms. The Bertz CT molecular complexity index is 428. The standard InChI is InChI=1S/C14H21FN4.ClH/c15-11-5-3-10(4-6-11)13-8-14(18-17-13)19-7-1-2-12(16)9-19;/h3-6,12-14,17-18H,1-2,7-9,16H2;1H. The SMILES string of the molecule is Cl.NC1CCCN(C2CC(c3ccc(F)cc3)NN2)C1. The Labute approximate surface area is 125 Å². The molecule has 2 heterocycles. The average molecular weight is 301 g/mol. The Balaban J connectivity index is 0.00000147. The molecule has 4 nitrogen and oxygen atoms in total. The number of halogens is 2. The quantitative estimate of drug-likeness (QED) is 0.775. The first kappa shape index (κ1) is 15.7. The molecule has 0 spiro atoms. The number of hydrogen-bond donors (Lipinski definition) is 3. The third kappa shape index (κ3) is 3.48. The molecule has 20 heavy (non-hydrogen) atoms. The molecule has 2 aliphatic rings. The predicted molar refractivity (Wildman–Crippen MR) is 79.8 cm³/mol. The van der Waals surface area contributed by atoms with Crippen LogP contribution in [0.2, 0.25) is 0 Å². The molecule has 2 aliphatic heterocycles. The number of rotatable bonds is 2. The summed E-state index contributed by atoms with van der Waals surface area (Å²) < 4.78 is 12.9. The van der Waals surface area contributed by atoms with E-state index in [1.54, 1.807) is 0 Å². The van der Waals surface area contributed by atoms with Crippen molar-refractivity contribution in [2.24, 2.45) is 5.73 Å². The van der Waals surface area contributed by atoms with E-state index in [4.69, 9.17) is 5.73 Å². The minimum atomic E-state index is -0.187. The third-order valence-corrected chi connectivity index (χ3v) is 4.09. The molecule has 2 fully saturated rings. The Hall–Kier alpha value is -0.720. The van der Waals surface area contributed by atoms with Gasteiger partial charge >= 0.3 is 0 Å². The molecule has 0 bridgehead atoms. The van der Waals surface area contributed by atoms with Gasteiger partial charge in [0.1, 0.15) is 5.82 Å². The smallest absolute Gasteiger partial charge is 0.123 e. The Kier molecular flexibility index (Phi) is 5.35. The highest BCUT2D eigenvalue weighted by Gasteiger charge is 2.31. The summed E-state index contributed by atoms with van der Waals surface area (Å²) in [5.41, 5.74) is 13.8. The van der Waals surface area contributed by atoms with E-state index < -0.39 is 0 Å². The van der Waals surface area contributed by atoms with Gasteiger partial charge in [-0.1, -0.05) is 12.1 Å².